The van der Waals surface area contributed by atoms with Gasteiger partial charge in [-0.15, -0.1) is 0 Å². The minimum atomic E-state index is -0.0507. The second kappa shape index (κ2) is 8.20. The highest BCUT2D eigenvalue weighted by Crippen LogP contribution is 2.25. The van der Waals surface area contributed by atoms with Gasteiger partial charge in [0.25, 0.3) is 0 Å². The molecule has 19 heavy (non-hydrogen) atoms. The average molecular weight is 270 g/mol. The molecule has 2 aliphatic rings. The van der Waals surface area contributed by atoms with Crippen LogP contribution in [0.1, 0.15) is 39.5 Å². The van der Waals surface area contributed by atoms with Crippen molar-refractivity contribution in [2.75, 3.05) is 39.4 Å². The summed E-state index contributed by atoms with van der Waals surface area (Å²) < 4.78 is 11.3. The molecule has 2 aliphatic heterocycles. The van der Waals surface area contributed by atoms with Crippen LogP contribution < -0.4 is 5.32 Å². The van der Waals surface area contributed by atoms with Gasteiger partial charge >= 0.3 is 0 Å². The van der Waals surface area contributed by atoms with Gasteiger partial charge in [-0.2, -0.15) is 0 Å². The molecule has 2 rings (SSSR count). The third-order valence-corrected chi connectivity index (χ3v) is 4.32. The first-order chi connectivity index (χ1) is 9.33. The van der Waals surface area contributed by atoms with Crippen molar-refractivity contribution in [2.45, 2.75) is 51.9 Å². The molecule has 0 aromatic rings. The molecule has 0 saturated carbocycles. The fourth-order valence-corrected chi connectivity index (χ4v) is 3.44. The maximum Gasteiger partial charge on any atom is 0.170 e. The molecule has 0 bridgehead atoms. The smallest absolute Gasteiger partial charge is 0.170 e. The standard InChI is InChI=1S/C15H30N2O2/c1-3-18-15(19-4-2)12-17-10-6-7-13(11-17)14-8-5-9-16-14/h13-16H,3-12H2,1-2H3. The van der Waals surface area contributed by atoms with Gasteiger partial charge < -0.3 is 14.8 Å². The number of hydrogen-bond acceptors (Lipinski definition) is 4. The van der Waals surface area contributed by atoms with Crippen molar-refractivity contribution in [3.8, 4) is 0 Å². The zero-order valence-electron chi connectivity index (χ0n) is 12.6. The maximum atomic E-state index is 5.67. The van der Waals surface area contributed by atoms with Gasteiger partial charge in [-0.3, -0.25) is 4.90 Å². The van der Waals surface area contributed by atoms with Crippen LogP contribution in [0.3, 0.4) is 0 Å². The number of nitrogens with zero attached hydrogens (tertiary/aromatic N) is 1. The largest absolute Gasteiger partial charge is 0.352 e. The summed E-state index contributed by atoms with van der Waals surface area (Å²) in [6.45, 7) is 10.1. The molecular formula is C15H30N2O2. The van der Waals surface area contributed by atoms with E-state index in [4.69, 9.17) is 9.47 Å². The summed E-state index contributed by atoms with van der Waals surface area (Å²) in [5, 5.41) is 3.66. The van der Waals surface area contributed by atoms with Crippen LogP contribution in [0.5, 0.6) is 0 Å². The fourth-order valence-electron chi connectivity index (χ4n) is 3.44. The van der Waals surface area contributed by atoms with Gasteiger partial charge in [-0.05, 0) is 58.5 Å². The quantitative estimate of drug-likeness (QED) is 0.716. The molecule has 0 radical (unpaired) electrons. The lowest BCUT2D eigenvalue weighted by molar-refractivity contribution is -0.149. The molecule has 2 fully saturated rings. The lowest BCUT2D eigenvalue weighted by atomic mass is 9.90. The van der Waals surface area contributed by atoms with Crippen LogP contribution in [-0.2, 0) is 9.47 Å². The summed E-state index contributed by atoms with van der Waals surface area (Å²) in [5.41, 5.74) is 0. The monoisotopic (exact) mass is 270 g/mol. The Morgan fingerprint density at radius 3 is 2.58 bits per heavy atom. The molecule has 0 aliphatic carbocycles. The number of rotatable bonds is 7. The Kier molecular flexibility index (Phi) is 6.57. The van der Waals surface area contributed by atoms with Crippen molar-refractivity contribution < 1.29 is 9.47 Å². The lowest BCUT2D eigenvalue weighted by Gasteiger charge is -2.37. The number of nitrogens with one attached hydrogen (secondary N) is 1. The van der Waals surface area contributed by atoms with Gasteiger partial charge in [0, 0.05) is 32.3 Å². The van der Waals surface area contributed by atoms with E-state index in [0.717, 1.165) is 31.7 Å². The first-order valence-corrected chi connectivity index (χ1v) is 8.02. The summed E-state index contributed by atoms with van der Waals surface area (Å²) in [7, 11) is 0. The average Bonchev–Trinajstić information content (AvgIpc) is 2.93. The van der Waals surface area contributed by atoms with E-state index in [1.807, 2.05) is 13.8 Å². The summed E-state index contributed by atoms with van der Waals surface area (Å²) in [6, 6.07) is 0.750. The van der Waals surface area contributed by atoms with E-state index in [2.05, 4.69) is 10.2 Å². The Morgan fingerprint density at radius 2 is 1.95 bits per heavy atom. The molecular weight excluding hydrogens is 240 g/mol. The molecule has 2 heterocycles. The van der Waals surface area contributed by atoms with Crippen LogP contribution in [-0.4, -0.2) is 56.6 Å². The van der Waals surface area contributed by atoms with E-state index in [9.17, 15) is 0 Å². The van der Waals surface area contributed by atoms with E-state index in [1.54, 1.807) is 0 Å². The second-order valence-electron chi connectivity index (χ2n) is 5.70. The Labute approximate surface area is 117 Å². The maximum absolute atomic E-state index is 5.67. The molecule has 1 N–H and O–H groups in total. The first kappa shape index (κ1) is 15.2. The highest BCUT2D eigenvalue weighted by molar-refractivity contribution is 4.86. The predicted octanol–water partition coefficient (Wildman–Crippen LogP) is 1.85. The minimum absolute atomic E-state index is 0.0507. The summed E-state index contributed by atoms with van der Waals surface area (Å²) >= 11 is 0. The van der Waals surface area contributed by atoms with Gasteiger partial charge in [0.1, 0.15) is 0 Å². The zero-order valence-corrected chi connectivity index (χ0v) is 12.6. The van der Waals surface area contributed by atoms with Crippen LogP contribution in [0.25, 0.3) is 0 Å². The first-order valence-electron chi connectivity index (χ1n) is 8.02. The zero-order chi connectivity index (χ0) is 13.5. The third-order valence-electron chi connectivity index (χ3n) is 4.32. The fraction of sp³-hybridized carbons (Fsp3) is 1.00. The van der Waals surface area contributed by atoms with Crippen LogP contribution in [0.15, 0.2) is 0 Å². The van der Waals surface area contributed by atoms with Gasteiger partial charge in [-0.1, -0.05) is 0 Å². The number of hydrogen-bond donors (Lipinski definition) is 1. The van der Waals surface area contributed by atoms with Crippen molar-refractivity contribution >= 4 is 0 Å². The normalized spacial score (nSPS) is 29.2. The van der Waals surface area contributed by atoms with Gasteiger partial charge in [0.15, 0.2) is 6.29 Å². The van der Waals surface area contributed by atoms with E-state index < -0.39 is 0 Å². The van der Waals surface area contributed by atoms with Crippen molar-refractivity contribution in [1.29, 1.82) is 0 Å². The van der Waals surface area contributed by atoms with Gasteiger partial charge in [0.05, 0.1) is 0 Å². The number of ether oxygens (including phenoxy) is 2. The highest BCUT2D eigenvalue weighted by atomic mass is 16.7. The third kappa shape index (κ3) is 4.71. The summed E-state index contributed by atoms with van der Waals surface area (Å²) in [6.07, 6.45) is 5.35. The van der Waals surface area contributed by atoms with Crippen LogP contribution >= 0.6 is 0 Å². The molecule has 112 valence electrons. The number of likely N-dealkylation sites (tertiary alicyclic amines) is 1. The lowest BCUT2D eigenvalue weighted by Crippen LogP contribution is -2.46. The van der Waals surface area contributed by atoms with Crippen molar-refractivity contribution in [3.63, 3.8) is 0 Å². The minimum Gasteiger partial charge on any atom is -0.352 e. The van der Waals surface area contributed by atoms with E-state index in [-0.39, 0.29) is 6.29 Å². The molecule has 0 amide bonds. The molecule has 0 aromatic carbocycles. The van der Waals surface area contributed by atoms with Crippen molar-refractivity contribution in [3.05, 3.63) is 0 Å². The summed E-state index contributed by atoms with van der Waals surface area (Å²) in [4.78, 5) is 2.53. The Balaban J connectivity index is 1.78. The molecule has 4 heteroatoms. The van der Waals surface area contributed by atoms with Crippen LogP contribution in [0.4, 0.5) is 0 Å². The number of piperidine rings is 1. The Bertz CT molecular complexity index is 236. The SMILES string of the molecule is CCOC(CN1CCCC(C2CCCN2)C1)OCC. The van der Waals surface area contributed by atoms with Crippen molar-refractivity contribution in [2.24, 2.45) is 5.92 Å². The summed E-state index contributed by atoms with van der Waals surface area (Å²) in [5.74, 6) is 0.820. The van der Waals surface area contributed by atoms with E-state index >= 15 is 0 Å². The Morgan fingerprint density at radius 1 is 1.16 bits per heavy atom. The predicted molar refractivity (Wildman–Crippen MR) is 77.2 cm³/mol. The van der Waals surface area contributed by atoms with E-state index in [1.165, 1.54) is 45.3 Å². The molecule has 4 nitrogen and oxygen atoms in total. The highest BCUT2D eigenvalue weighted by Gasteiger charge is 2.29. The molecule has 2 atom stereocenters. The Hall–Kier alpha value is -0.160. The van der Waals surface area contributed by atoms with Crippen LogP contribution in [0, 0.1) is 5.92 Å². The topological polar surface area (TPSA) is 33.7 Å². The molecule has 2 unspecified atom stereocenters. The molecule has 0 aromatic heterocycles. The molecule has 0 spiro atoms. The van der Waals surface area contributed by atoms with Gasteiger partial charge in [0.2, 0.25) is 0 Å². The van der Waals surface area contributed by atoms with Crippen LogP contribution in [0.2, 0.25) is 0 Å². The van der Waals surface area contributed by atoms with E-state index in [0.29, 0.717) is 0 Å². The van der Waals surface area contributed by atoms with Crippen molar-refractivity contribution in [1.82, 2.24) is 10.2 Å². The second-order valence-corrected chi connectivity index (χ2v) is 5.70. The molecule has 2 saturated heterocycles. The van der Waals surface area contributed by atoms with Gasteiger partial charge in [-0.25, -0.2) is 0 Å².